The molecule has 1 aromatic carbocycles. The summed E-state index contributed by atoms with van der Waals surface area (Å²) < 4.78 is 50.4. The molecule has 0 spiro atoms. The van der Waals surface area contributed by atoms with Crippen LogP contribution in [0, 0.1) is 5.82 Å². The molecule has 9 heteroatoms. The van der Waals surface area contributed by atoms with Gasteiger partial charge in [0.25, 0.3) is 0 Å². The van der Waals surface area contributed by atoms with E-state index in [0.29, 0.717) is 25.1 Å². The summed E-state index contributed by atoms with van der Waals surface area (Å²) in [5.74, 6) is 0.0342. The third-order valence-electron chi connectivity index (χ3n) is 3.91. The second kappa shape index (κ2) is 7.32. The SMILES string of the molecule is COc1ccc(S(=O)(=O)N2CCCC(Oc3ncc(F)cn3)C2)cc1. The molecule has 0 amide bonds. The van der Waals surface area contributed by atoms with E-state index in [-0.39, 0.29) is 23.6 Å². The predicted octanol–water partition coefficient (Wildman–Crippen LogP) is 1.86. The topological polar surface area (TPSA) is 81.6 Å². The van der Waals surface area contributed by atoms with Crippen LogP contribution in [0.5, 0.6) is 11.8 Å². The van der Waals surface area contributed by atoms with E-state index in [0.717, 1.165) is 12.4 Å². The number of ether oxygens (including phenoxy) is 2. The number of aromatic nitrogens is 2. The lowest BCUT2D eigenvalue weighted by Gasteiger charge is -2.31. The number of benzene rings is 1. The van der Waals surface area contributed by atoms with Gasteiger partial charge in [0, 0.05) is 6.54 Å². The smallest absolute Gasteiger partial charge is 0.316 e. The van der Waals surface area contributed by atoms with Gasteiger partial charge in [0.1, 0.15) is 11.9 Å². The average molecular weight is 367 g/mol. The van der Waals surface area contributed by atoms with E-state index in [1.807, 2.05) is 0 Å². The van der Waals surface area contributed by atoms with Crippen molar-refractivity contribution in [2.45, 2.75) is 23.8 Å². The highest BCUT2D eigenvalue weighted by molar-refractivity contribution is 7.89. The molecule has 2 heterocycles. The molecule has 0 aliphatic carbocycles. The third kappa shape index (κ3) is 4.05. The van der Waals surface area contributed by atoms with E-state index < -0.39 is 15.8 Å². The van der Waals surface area contributed by atoms with E-state index in [1.54, 1.807) is 12.1 Å². The quantitative estimate of drug-likeness (QED) is 0.802. The molecule has 1 fully saturated rings. The summed E-state index contributed by atoms with van der Waals surface area (Å²) in [4.78, 5) is 7.69. The third-order valence-corrected chi connectivity index (χ3v) is 5.79. The first-order chi connectivity index (χ1) is 12.0. The van der Waals surface area contributed by atoms with Crippen molar-refractivity contribution < 1.29 is 22.3 Å². The van der Waals surface area contributed by atoms with Gasteiger partial charge >= 0.3 is 6.01 Å². The molecule has 0 bridgehead atoms. The molecule has 25 heavy (non-hydrogen) atoms. The lowest BCUT2D eigenvalue weighted by atomic mass is 10.1. The van der Waals surface area contributed by atoms with Crippen molar-refractivity contribution in [3.05, 3.63) is 42.5 Å². The molecule has 0 N–H and O–H groups in total. The van der Waals surface area contributed by atoms with Crippen LogP contribution in [-0.2, 0) is 10.0 Å². The Bertz CT molecular complexity index is 812. The molecule has 0 saturated carbocycles. The highest BCUT2D eigenvalue weighted by atomic mass is 32.2. The number of hydrogen-bond acceptors (Lipinski definition) is 6. The number of piperidine rings is 1. The Morgan fingerprint density at radius 3 is 2.52 bits per heavy atom. The predicted molar refractivity (Wildman–Crippen MR) is 87.4 cm³/mol. The Kier molecular flexibility index (Phi) is 5.14. The summed E-state index contributed by atoms with van der Waals surface area (Å²) in [5, 5.41) is 0. The first-order valence-electron chi connectivity index (χ1n) is 7.77. The molecule has 1 aliphatic rings. The zero-order valence-electron chi connectivity index (χ0n) is 13.6. The minimum absolute atomic E-state index is 0.0371. The Hall–Kier alpha value is -2.26. The second-order valence-corrected chi connectivity index (χ2v) is 7.54. The van der Waals surface area contributed by atoms with E-state index >= 15 is 0 Å². The normalized spacial score (nSPS) is 18.7. The molecule has 0 radical (unpaired) electrons. The lowest BCUT2D eigenvalue weighted by molar-refractivity contribution is 0.119. The van der Waals surface area contributed by atoms with Crippen LogP contribution in [0.15, 0.2) is 41.6 Å². The maximum Gasteiger partial charge on any atom is 0.316 e. The van der Waals surface area contributed by atoms with Crippen LogP contribution in [-0.4, -0.2) is 49.0 Å². The fraction of sp³-hybridized carbons (Fsp3) is 0.375. The molecule has 1 aromatic heterocycles. The molecule has 7 nitrogen and oxygen atoms in total. The standard InChI is InChI=1S/C16H18FN3O4S/c1-23-13-4-6-15(7-5-13)25(21,22)20-8-2-3-14(11-20)24-16-18-9-12(17)10-19-16/h4-7,9-10,14H,2-3,8,11H2,1H3. The van der Waals surface area contributed by atoms with Crippen molar-refractivity contribution in [3.8, 4) is 11.8 Å². The van der Waals surface area contributed by atoms with Crippen LogP contribution in [0.3, 0.4) is 0 Å². The second-order valence-electron chi connectivity index (χ2n) is 5.60. The van der Waals surface area contributed by atoms with Gasteiger partial charge in [-0.1, -0.05) is 0 Å². The molecule has 3 rings (SSSR count). The monoisotopic (exact) mass is 367 g/mol. The Balaban J connectivity index is 1.71. The summed E-state index contributed by atoms with van der Waals surface area (Å²) in [7, 11) is -2.10. The van der Waals surface area contributed by atoms with Gasteiger partial charge in [-0.25, -0.2) is 22.8 Å². The highest BCUT2D eigenvalue weighted by Crippen LogP contribution is 2.24. The molecular formula is C16H18FN3O4S. The maximum absolute atomic E-state index is 12.8. The first-order valence-corrected chi connectivity index (χ1v) is 9.21. The van der Waals surface area contributed by atoms with E-state index in [9.17, 15) is 12.8 Å². The van der Waals surface area contributed by atoms with Crippen molar-refractivity contribution in [3.63, 3.8) is 0 Å². The molecular weight excluding hydrogens is 349 g/mol. The van der Waals surface area contributed by atoms with Crippen LogP contribution in [0.25, 0.3) is 0 Å². The number of sulfonamides is 1. The molecule has 1 atom stereocenters. The van der Waals surface area contributed by atoms with Gasteiger partial charge in [-0.15, -0.1) is 0 Å². The van der Waals surface area contributed by atoms with Gasteiger partial charge in [0.05, 0.1) is 30.9 Å². The summed E-state index contributed by atoms with van der Waals surface area (Å²) in [5.41, 5.74) is 0. The molecule has 134 valence electrons. The number of hydrogen-bond donors (Lipinski definition) is 0. The van der Waals surface area contributed by atoms with Crippen molar-refractivity contribution >= 4 is 10.0 Å². The van der Waals surface area contributed by atoms with Crippen LogP contribution in [0.4, 0.5) is 4.39 Å². The zero-order valence-corrected chi connectivity index (χ0v) is 14.4. The van der Waals surface area contributed by atoms with Gasteiger partial charge in [0.2, 0.25) is 10.0 Å². The van der Waals surface area contributed by atoms with E-state index in [4.69, 9.17) is 9.47 Å². The van der Waals surface area contributed by atoms with Crippen molar-refractivity contribution in [1.82, 2.24) is 14.3 Å². The van der Waals surface area contributed by atoms with Gasteiger partial charge < -0.3 is 9.47 Å². The molecule has 2 aromatic rings. The van der Waals surface area contributed by atoms with E-state index in [2.05, 4.69) is 9.97 Å². The van der Waals surface area contributed by atoms with Crippen LogP contribution in [0.1, 0.15) is 12.8 Å². The summed E-state index contributed by atoms with van der Waals surface area (Å²) >= 11 is 0. The van der Waals surface area contributed by atoms with Gasteiger partial charge in [-0.2, -0.15) is 4.31 Å². The lowest BCUT2D eigenvalue weighted by Crippen LogP contribution is -2.44. The minimum Gasteiger partial charge on any atom is -0.497 e. The first kappa shape index (κ1) is 17.6. The largest absolute Gasteiger partial charge is 0.497 e. The Morgan fingerprint density at radius 2 is 1.88 bits per heavy atom. The number of rotatable bonds is 5. The van der Waals surface area contributed by atoms with Crippen LogP contribution < -0.4 is 9.47 Å². The fourth-order valence-corrected chi connectivity index (χ4v) is 4.14. The molecule has 1 unspecified atom stereocenters. The summed E-state index contributed by atoms with van der Waals surface area (Å²) in [6.45, 7) is 0.605. The number of methoxy groups -OCH3 is 1. The minimum atomic E-state index is -3.62. The number of nitrogens with zero attached hydrogens (tertiary/aromatic N) is 3. The Labute approximate surface area is 145 Å². The van der Waals surface area contributed by atoms with Gasteiger partial charge in [-0.05, 0) is 37.1 Å². The van der Waals surface area contributed by atoms with E-state index in [1.165, 1.54) is 23.5 Å². The maximum atomic E-state index is 12.8. The van der Waals surface area contributed by atoms with Gasteiger partial charge in [-0.3, -0.25) is 0 Å². The van der Waals surface area contributed by atoms with Crippen LogP contribution >= 0.6 is 0 Å². The molecule has 1 saturated heterocycles. The Morgan fingerprint density at radius 1 is 1.20 bits per heavy atom. The highest BCUT2D eigenvalue weighted by Gasteiger charge is 2.31. The fourth-order valence-electron chi connectivity index (χ4n) is 2.63. The van der Waals surface area contributed by atoms with Crippen LogP contribution in [0.2, 0.25) is 0 Å². The molecule has 1 aliphatic heterocycles. The number of halogens is 1. The van der Waals surface area contributed by atoms with Crippen molar-refractivity contribution in [2.24, 2.45) is 0 Å². The van der Waals surface area contributed by atoms with Crippen molar-refractivity contribution in [2.75, 3.05) is 20.2 Å². The van der Waals surface area contributed by atoms with Crippen molar-refractivity contribution in [1.29, 1.82) is 0 Å². The summed E-state index contributed by atoms with van der Waals surface area (Å²) in [6, 6.07) is 6.28. The average Bonchev–Trinajstić information content (AvgIpc) is 2.64. The van der Waals surface area contributed by atoms with Gasteiger partial charge in [0.15, 0.2) is 5.82 Å². The zero-order chi connectivity index (χ0) is 17.9. The summed E-state index contributed by atoms with van der Waals surface area (Å²) in [6.07, 6.45) is 2.97.